The number of hydrogen-bond acceptors (Lipinski definition) is 6. The molecule has 1 unspecified atom stereocenters. The molecule has 0 aromatic heterocycles. The van der Waals surface area contributed by atoms with Crippen LogP contribution >= 0.6 is 0 Å². The molecule has 0 amide bonds. The Kier molecular flexibility index (Phi) is 4.28. The predicted octanol–water partition coefficient (Wildman–Crippen LogP) is 3.40. The molecule has 0 spiro atoms. The van der Waals surface area contributed by atoms with E-state index in [1.165, 1.54) is 0 Å². The van der Waals surface area contributed by atoms with Gasteiger partial charge in [0.2, 0.25) is 12.5 Å². The first kappa shape index (κ1) is 16.8. The van der Waals surface area contributed by atoms with E-state index in [9.17, 15) is 5.11 Å². The highest BCUT2D eigenvalue weighted by Crippen LogP contribution is 2.49. The number of aliphatic hydroxyl groups is 1. The van der Waals surface area contributed by atoms with Crippen LogP contribution in [0.15, 0.2) is 24.3 Å². The summed E-state index contributed by atoms with van der Waals surface area (Å²) in [6.45, 7) is 0.211. The molecule has 2 aliphatic rings. The van der Waals surface area contributed by atoms with Crippen molar-refractivity contribution in [2.24, 2.45) is 0 Å². The fraction of sp³-hybridized carbons (Fsp3) is 0.400. The summed E-state index contributed by atoms with van der Waals surface area (Å²) in [5.41, 5.74) is 2.98. The molecule has 26 heavy (non-hydrogen) atoms. The average molecular weight is 358 g/mol. The molecule has 2 aromatic carbocycles. The van der Waals surface area contributed by atoms with E-state index in [1.807, 2.05) is 24.3 Å². The molecule has 1 N–H and O–H groups in total. The SMILES string of the molecule is COc1cc([C@H]2CCC(O)c3cc4c(cc32)OCO4)cc(OC)c1OC. The average Bonchev–Trinajstić information content (AvgIpc) is 3.13. The highest BCUT2D eigenvalue weighted by molar-refractivity contribution is 5.58. The third-order valence-corrected chi connectivity index (χ3v) is 5.13. The van der Waals surface area contributed by atoms with Crippen molar-refractivity contribution in [3.63, 3.8) is 0 Å². The van der Waals surface area contributed by atoms with Crippen LogP contribution in [-0.2, 0) is 0 Å². The summed E-state index contributed by atoms with van der Waals surface area (Å²) >= 11 is 0. The van der Waals surface area contributed by atoms with Crippen molar-refractivity contribution in [1.82, 2.24) is 0 Å². The lowest BCUT2D eigenvalue weighted by Crippen LogP contribution is -2.15. The van der Waals surface area contributed by atoms with E-state index in [2.05, 4.69) is 0 Å². The van der Waals surface area contributed by atoms with Crippen molar-refractivity contribution in [3.05, 3.63) is 41.0 Å². The number of ether oxygens (including phenoxy) is 5. The molecule has 4 rings (SSSR count). The lowest BCUT2D eigenvalue weighted by molar-refractivity contribution is 0.152. The number of rotatable bonds is 4. The number of benzene rings is 2. The minimum absolute atomic E-state index is 0.0941. The van der Waals surface area contributed by atoms with E-state index in [-0.39, 0.29) is 12.7 Å². The lowest BCUT2D eigenvalue weighted by Gasteiger charge is -2.30. The second-order valence-electron chi connectivity index (χ2n) is 6.44. The van der Waals surface area contributed by atoms with Gasteiger partial charge in [-0.1, -0.05) is 0 Å². The summed E-state index contributed by atoms with van der Waals surface area (Å²) in [6.07, 6.45) is 0.984. The fourth-order valence-electron chi connectivity index (χ4n) is 3.85. The Morgan fingerprint density at radius 2 is 1.46 bits per heavy atom. The van der Waals surface area contributed by atoms with Crippen molar-refractivity contribution in [1.29, 1.82) is 0 Å². The topological polar surface area (TPSA) is 66.4 Å². The van der Waals surface area contributed by atoms with Gasteiger partial charge >= 0.3 is 0 Å². The summed E-state index contributed by atoms with van der Waals surface area (Å²) in [5.74, 6) is 3.31. The van der Waals surface area contributed by atoms with Gasteiger partial charge in [-0.15, -0.1) is 0 Å². The maximum absolute atomic E-state index is 10.5. The first-order chi connectivity index (χ1) is 12.7. The molecule has 1 aliphatic heterocycles. The van der Waals surface area contributed by atoms with Crippen molar-refractivity contribution in [2.45, 2.75) is 24.9 Å². The highest BCUT2D eigenvalue weighted by Gasteiger charge is 2.31. The molecule has 1 aliphatic carbocycles. The Bertz CT molecular complexity index is 806. The van der Waals surface area contributed by atoms with Crippen LogP contribution in [-0.4, -0.2) is 33.2 Å². The molecule has 6 nitrogen and oxygen atoms in total. The Hall–Kier alpha value is -2.60. The second-order valence-corrected chi connectivity index (χ2v) is 6.44. The predicted molar refractivity (Wildman–Crippen MR) is 94.7 cm³/mol. The Morgan fingerprint density at radius 1 is 0.846 bits per heavy atom. The van der Waals surface area contributed by atoms with Gasteiger partial charge in [-0.25, -0.2) is 0 Å². The highest BCUT2D eigenvalue weighted by atomic mass is 16.7. The lowest BCUT2D eigenvalue weighted by atomic mass is 9.77. The van der Waals surface area contributed by atoms with Gasteiger partial charge in [-0.05, 0) is 53.8 Å². The molecular weight excluding hydrogens is 336 g/mol. The van der Waals surface area contributed by atoms with Gasteiger partial charge in [0.05, 0.1) is 27.4 Å². The van der Waals surface area contributed by atoms with Gasteiger partial charge in [0.1, 0.15) is 0 Å². The molecule has 2 atom stereocenters. The largest absolute Gasteiger partial charge is 0.493 e. The van der Waals surface area contributed by atoms with Crippen molar-refractivity contribution >= 4 is 0 Å². The van der Waals surface area contributed by atoms with Crippen LogP contribution in [0.4, 0.5) is 0 Å². The molecule has 0 bridgehead atoms. The van der Waals surface area contributed by atoms with Crippen LogP contribution in [0.2, 0.25) is 0 Å². The van der Waals surface area contributed by atoms with Gasteiger partial charge in [-0.3, -0.25) is 0 Å². The van der Waals surface area contributed by atoms with Gasteiger partial charge in [0.25, 0.3) is 0 Å². The maximum Gasteiger partial charge on any atom is 0.231 e. The molecule has 0 radical (unpaired) electrons. The van der Waals surface area contributed by atoms with Crippen molar-refractivity contribution in [3.8, 4) is 28.7 Å². The Morgan fingerprint density at radius 3 is 2.04 bits per heavy atom. The maximum atomic E-state index is 10.5. The standard InChI is InChI=1S/C20H22O6/c1-22-18-6-11(7-19(23-2)20(18)24-3)12-4-5-15(21)14-9-17-16(8-13(12)14)25-10-26-17/h6-9,12,15,21H,4-5,10H2,1-3H3/t12-,15?/m1/s1. The summed E-state index contributed by atoms with van der Waals surface area (Å²) in [7, 11) is 4.81. The van der Waals surface area contributed by atoms with Gasteiger partial charge in [0, 0.05) is 5.92 Å². The zero-order valence-corrected chi connectivity index (χ0v) is 15.1. The zero-order chi connectivity index (χ0) is 18.3. The summed E-state index contributed by atoms with van der Waals surface area (Å²) in [4.78, 5) is 0. The minimum atomic E-state index is -0.502. The third-order valence-electron chi connectivity index (χ3n) is 5.13. The minimum Gasteiger partial charge on any atom is -0.493 e. The summed E-state index contributed by atoms with van der Waals surface area (Å²) in [5, 5.41) is 10.5. The van der Waals surface area contributed by atoms with Crippen LogP contribution in [0.5, 0.6) is 28.7 Å². The number of aliphatic hydroxyl groups excluding tert-OH is 1. The number of methoxy groups -OCH3 is 3. The molecule has 6 heteroatoms. The molecule has 0 saturated carbocycles. The van der Waals surface area contributed by atoms with E-state index >= 15 is 0 Å². The van der Waals surface area contributed by atoms with Crippen molar-refractivity contribution < 1.29 is 28.8 Å². The molecule has 0 saturated heterocycles. The normalized spacial score (nSPS) is 20.5. The van der Waals surface area contributed by atoms with E-state index in [4.69, 9.17) is 23.7 Å². The number of fused-ring (bicyclic) bond motifs is 2. The number of hydrogen-bond donors (Lipinski definition) is 1. The van der Waals surface area contributed by atoms with Crippen LogP contribution < -0.4 is 23.7 Å². The van der Waals surface area contributed by atoms with Gasteiger partial charge in [0.15, 0.2) is 23.0 Å². The smallest absolute Gasteiger partial charge is 0.231 e. The van der Waals surface area contributed by atoms with Gasteiger partial charge in [-0.2, -0.15) is 0 Å². The van der Waals surface area contributed by atoms with Crippen LogP contribution in [0.1, 0.15) is 41.6 Å². The summed E-state index contributed by atoms with van der Waals surface area (Å²) in [6, 6.07) is 7.82. The first-order valence-corrected chi connectivity index (χ1v) is 8.57. The Labute approximate surface area is 152 Å². The van der Waals surface area contributed by atoms with E-state index in [1.54, 1.807) is 21.3 Å². The third kappa shape index (κ3) is 2.61. The van der Waals surface area contributed by atoms with Crippen LogP contribution in [0.25, 0.3) is 0 Å². The molecule has 0 fully saturated rings. The van der Waals surface area contributed by atoms with E-state index in [0.717, 1.165) is 28.9 Å². The van der Waals surface area contributed by atoms with Gasteiger partial charge < -0.3 is 28.8 Å². The molecule has 2 aromatic rings. The van der Waals surface area contributed by atoms with E-state index in [0.29, 0.717) is 29.4 Å². The second kappa shape index (κ2) is 6.61. The molecule has 138 valence electrons. The van der Waals surface area contributed by atoms with Crippen LogP contribution in [0, 0.1) is 0 Å². The summed E-state index contributed by atoms with van der Waals surface area (Å²) < 4.78 is 27.4. The zero-order valence-electron chi connectivity index (χ0n) is 15.1. The van der Waals surface area contributed by atoms with E-state index < -0.39 is 6.10 Å². The quantitative estimate of drug-likeness (QED) is 0.904. The molecule has 1 heterocycles. The van der Waals surface area contributed by atoms with Crippen molar-refractivity contribution in [2.75, 3.05) is 28.1 Å². The molecular formula is C20H22O6. The first-order valence-electron chi connectivity index (χ1n) is 8.57. The Balaban J connectivity index is 1.84. The fourth-order valence-corrected chi connectivity index (χ4v) is 3.85. The monoisotopic (exact) mass is 358 g/mol. The van der Waals surface area contributed by atoms with Crippen LogP contribution in [0.3, 0.4) is 0 Å².